The normalized spacial score (nSPS) is 11.0. The van der Waals surface area contributed by atoms with Gasteiger partial charge in [0.1, 0.15) is 0 Å². The zero-order chi connectivity index (χ0) is 17.4. The van der Waals surface area contributed by atoms with Gasteiger partial charge in [0.15, 0.2) is 0 Å². The summed E-state index contributed by atoms with van der Waals surface area (Å²) in [6.07, 6.45) is 2.01. The lowest BCUT2D eigenvalue weighted by atomic mass is 10.1. The van der Waals surface area contributed by atoms with Gasteiger partial charge in [0.2, 0.25) is 0 Å². The van der Waals surface area contributed by atoms with Crippen LogP contribution < -0.4 is 0 Å². The highest BCUT2D eigenvalue weighted by Crippen LogP contribution is 2.31. The van der Waals surface area contributed by atoms with Crippen LogP contribution in [0, 0.1) is 13.8 Å². The first-order valence-corrected chi connectivity index (χ1v) is 8.29. The van der Waals surface area contributed by atoms with Crippen LogP contribution in [-0.2, 0) is 11.3 Å². The number of hydrogen-bond acceptors (Lipinski definition) is 2. The van der Waals surface area contributed by atoms with Crippen molar-refractivity contribution in [2.75, 3.05) is 7.11 Å². The first kappa shape index (κ1) is 16.9. The van der Waals surface area contributed by atoms with E-state index in [1.54, 1.807) is 12.1 Å². The summed E-state index contributed by atoms with van der Waals surface area (Å²) in [5.41, 5.74) is 4.57. The Bertz CT molecular complexity index is 944. The molecule has 0 unspecified atom stereocenters. The molecule has 0 aliphatic heterocycles. The van der Waals surface area contributed by atoms with Gasteiger partial charge in [-0.15, -0.1) is 0 Å². The van der Waals surface area contributed by atoms with E-state index in [9.17, 15) is 4.79 Å². The summed E-state index contributed by atoms with van der Waals surface area (Å²) in [5.74, 6) is -0.470. The summed E-state index contributed by atoms with van der Waals surface area (Å²) in [6.45, 7) is 4.65. The Balaban J connectivity index is 2.11. The van der Waals surface area contributed by atoms with E-state index in [0.717, 1.165) is 5.52 Å². The summed E-state index contributed by atoms with van der Waals surface area (Å²) in [6, 6.07) is 9.63. The average molecular weight is 362 g/mol. The molecule has 24 heavy (non-hydrogen) atoms. The van der Waals surface area contributed by atoms with E-state index in [0.29, 0.717) is 27.7 Å². The fourth-order valence-electron chi connectivity index (χ4n) is 3.07. The van der Waals surface area contributed by atoms with Crippen molar-refractivity contribution in [3.05, 3.63) is 68.8 Å². The molecule has 1 heterocycles. The van der Waals surface area contributed by atoms with Crippen LogP contribution in [0.25, 0.3) is 10.9 Å². The zero-order valence-corrected chi connectivity index (χ0v) is 15.2. The number of rotatable bonds is 3. The Morgan fingerprint density at radius 2 is 1.92 bits per heavy atom. The lowest BCUT2D eigenvalue weighted by molar-refractivity contribution is 0.0601. The van der Waals surface area contributed by atoms with Crippen LogP contribution in [0.15, 0.2) is 36.5 Å². The highest BCUT2D eigenvalue weighted by Gasteiger charge is 2.17. The number of esters is 1. The lowest BCUT2D eigenvalue weighted by Crippen LogP contribution is -2.07. The van der Waals surface area contributed by atoms with Crippen LogP contribution in [0.4, 0.5) is 0 Å². The molecule has 0 saturated carbocycles. The zero-order valence-electron chi connectivity index (χ0n) is 13.7. The van der Waals surface area contributed by atoms with Crippen molar-refractivity contribution in [2.45, 2.75) is 20.4 Å². The average Bonchev–Trinajstić information content (AvgIpc) is 2.93. The van der Waals surface area contributed by atoms with Gasteiger partial charge in [-0.2, -0.15) is 0 Å². The van der Waals surface area contributed by atoms with Gasteiger partial charge in [0.25, 0.3) is 0 Å². The molecular formula is C19H17Cl2NO2. The number of nitrogens with zero attached hydrogens (tertiary/aromatic N) is 1. The minimum atomic E-state index is -0.470. The summed E-state index contributed by atoms with van der Waals surface area (Å²) < 4.78 is 6.87. The first-order valence-electron chi connectivity index (χ1n) is 7.53. The van der Waals surface area contributed by atoms with Gasteiger partial charge in [-0.25, -0.2) is 4.79 Å². The monoisotopic (exact) mass is 361 g/mol. The number of fused-ring (bicyclic) bond motifs is 1. The highest BCUT2D eigenvalue weighted by atomic mass is 35.5. The minimum absolute atomic E-state index is 0.322. The van der Waals surface area contributed by atoms with Gasteiger partial charge in [-0.3, -0.25) is 0 Å². The first-order chi connectivity index (χ1) is 11.4. The van der Waals surface area contributed by atoms with Crippen molar-refractivity contribution in [1.29, 1.82) is 0 Å². The number of halogens is 2. The molecule has 0 amide bonds. The van der Waals surface area contributed by atoms with E-state index in [1.165, 1.54) is 23.6 Å². The maximum atomic E-state index is 11.8. The molecule has 3 rings (SSSR count). The van der Waals surface area contributed by atoms with Crippen molar-refractivity contribution in [3.63, 3.8) is 0 Å². The smallest absolute Gasteiger partial charge is 0.339 e. The number of benzene rings is 2. The molecule has 124 valence electrons. The standard InChI is InChI=1S/C19H17Cl2NO2/c1-11-8-12(2)18-13(9-11)6-7-22(18)10-15-16(20)5-4-14(17(15)21)19(23)24-3/h4-9H,10H2,1-3H3. The summed E-state index contributed by atoms with van der Waals surface area (Å²) in [7, 11) is 1.33. The van der Waals surface area contributed by atoms with Crippen LogP contribution in [0.1, 0.15) is 27.0 Å². The number of hydrogen-bond donors (Lipinski definition) is 0. The fourth-order valence-corrected chi connectivity index (χ4v) is 3.64. The van der Waals surface area contributed by atoms with Gasteiger partial charge >= 0.3 is 5.97 Å². The molecular weight excluding hydrogens is 345 g/mol. The number of carbonyl (C=O) groups is 1. The molecule has 0 bridgehead atoms. The molecule has 0 N–H and O–H groups in total. The largest absolute Gasteiger partial charge is 0.465 e. The topological polar surface area (TPSA) is 31.2 Å². The molecule has 1 aromatic heterocycles. The van der Waals surface area contributed by atoms with Gasteiger partial charge in [-0.05, 0) is 43.7 Å². The predicted octanol–water partition coefficient (Wildman–Crippen LogP) is 5.40. The highest BCUT2D eigenvalue weighted by molar-refractivity contribution is 6.38. The molecule has 0 fully saturated rings. The summed E-state index contributed by atoms with van der Waals surface area (Å²) in [5, 5.41) is 2.03. The van der Waals surface area contributed by atoms with Crippen molar-refractivity contribution < 1.29 is 9.53 Å². The maximum absolute atomic E-state index is 11.8. The number of ether oxygens (including phenoxy) is 1. The van der Waals surface area contributed by atoms with E-state index in [2.05, 4.69) is 36.6 Å². The van der Waals surface area contributed by atoms with Crippen LogP contribution in [0.2, 0.25) is 10.0 Å². The molecule has 0 atom stereocenters. The Morgan fingerprint density at radius 3 is 2.62 bits per heavy atom. The van der Waals surface area contributed by atoms with E-state index < -0.39 is 5.97 Å². The van der Waals surface area contributed by atoms with Crippen LogP contribution in [-0.4, -0.2) is 17.6 Å². The van der Waals surface area contributed by atoms with Crippen molar-refractivity contribution in [3.8, 4) is 0 Å². The third kappa shape index (κ3) is 2.90. The fraction of sp³-hybridized carbons (Fsp3) is 0.211. The lowest BCUT2D eigenvalue weighted by Gasteiger charge is -2.13. The summed E-state index contributed by atoms with van der Waals surface area (Å²) >= 11 is 12.8. The van der Waals surface area contributed by atoms with Gasteiger partial charge in [0.05, 0.1) is 29.8 Å². The molecule has 0 saturated heterocycles. The second-order valence-corrected chi connectivity index (χ2v) is 6.63. The number of aryl methyl sites for hydroxylation is 2. The van der Waals surface area contributed by atoms with Crippen molar-refractivity contribution in [2.24, 2.45) is 0 Å². The molecule has 3 nitrogen and oxygen atoms in total. The quantitative estimate of drug-likeness (QED) is 0.584. The minimum Gasteiger partial charge on any atom is -0.465 e. The second-order valence-electron chi connectivity index (χ2n) is 5.84. The van der Waals surface area contributed by atoms with Crippen molar-refractivity contribution in [1.82, 2.24) is 4.57 Å². The molecule has 5 heteroatoms. The Hall–Kier alpha value is -1.97. The molecule has 0 spiro atoms. The molecule has 3 aromatic rings. The Labute approximate surface area is 150 Å². The van der Waals surface area contributed by atoms with E-state index in [4.69, 9.17) is 27.9 Å². The number of methoxy groups -OCH3 is 1. The second kappa shape index (κ2) is 6.50. The van der Waals surface area contributed by atoms with E-state index in [-0.39, 0.29) is 0 Å². The third-order valence-electron chi connectivity index (χ3n) is 4.12. The Morgan fingerprint density at radius 1 is 1.17 bits per heavy atom. The SMILES string of the molecule is COC(=O)c1ccc(Cl)c(Cn2ccc3cc(C)cc(C)c32)c1Cl. The molecule has 0 radical (unpaired) electrons. The molecule has 0 aliphatic rings. The molecule has 0 aliphatic carbocycles. The number of carbonyl (C=O) groups excluding carboxylic acids is 1. The molecule has 2 aromatic carbocycles. The summed E-state index contributed by atoms with van der Waals surface area (Å²) in [4.78, 5) is 11.8. The van der Waals surface area contributed by atoms with Crippen LogP contribution in [0.5, 0.6) is 0 Å². The van der Waals surface area contributed by atoms with Crippen LogP contribution in [0.3, 0.4) is 0 Å². The van der Waals surface area contributed by atoms with Crippen LogP contribution >= 0.6 is 23.2 Å². The Kier molecular flexibility index (Phi) is 4.57. The number of aromatic nitrogens is 1. The van der Waals surface area contributed by atoms with Gasteiger partial charge in [-0.1, -0.05) is 34.8 Å². The van der Waals surface area contributed by atoms with E-state index in [1.807, 2.05) is 6.20 Å². The predicted molar refractivity (Wildman–Crippen MR) is 98.3 cm³/mol. The van der Waals surface area contributed by atoms with Gasteiger partial charge < -0.3 is 9.30 Å². The third-order valence-corrected chi connectivity index (χ3v) is 4.90. The van der Waals surface area contributed by atoms with E-state index >= 15 is 0 Å². The van der Waals surface area contributed by atoms with Crippen molar-refractivity contribution >= 4 is 40.1 Å². The van der Waals surface area contributed by atoms with Gasteiger partial charge in [0, 0.05) is 22.2 Å². The maximum Gasteiger partial charge on any atom is 0.339 e.